The van der Waals surface area contributed by atoms with Crippen LogP contribution in [0, 0.1) is 0 Å². The fourth-order valence-corrected chi connectivity index (χ4v) is 2.92. The summed E-state index contributed by atoms with van der Waals surface area (Å²) >= 11 is 0. The largest absolute Gasteiger partial charge is 0.394 e. The number of unbranched alkanes of at least 4 members (excludes halogenated alkanes) is 3. The van der Waals surface area contributed by atoms with E-state index in [1.54, 1.807) is 0 Å². The molecule has 0 aliphatic heterocycles. The standard InChI is InChI=1S/C18H40N2O/c1-7-8-10-13-20(17(4)5)14-11-9-12-18(6,15-21)19-16(2)3/h16-17,19,21H,7-15H2,1-6H3. The maximum Gasteiger partial charge on any atom is 0.0610 e. The molecule has 0 aliphatic carbocycles. The fraction of sp³-hybridized carbons (Fsp3) is 1.00. The van der Waals surface area contributed by atoms with Gasteiger partial charge >= 0.3 is 0 Å². The van der Waals surface area contributed by atoms with E-state index in [4.69, 9.17) is 0 Å². The minimum Gasteiger partial charge on any atom is -0.394 e. The topological polar surface area (TPSA) is 35.5 Å². The second kappa shape index (κ2) is 11.4. The Kier molecular flexibility index (Phi) is 11.4. The molecule has 0 radical (unpaired) electrons. The third-order valence-corrected chi connectivity index (χ3v) is 4.19. The molecular weight excluding hydrogens is 260 g/mol. The van der Waals surface area contributed by atoms with E-state index in [0.717, 1.165) is 6.42 Å². The van der Waals surface area contributed by atoms with Gasteiger partial charge in [-0.2, -0.15) is 0 Å². The quantitative estimate of drug-likeness (QED) is 0.508. The Labute approximate surface area is 133 Å². The van der Waals surface area contributed by atoms with Crippen LogP contribution in [0.3, 0.4) is 0 Å². The average Bonchev–Trinajstić information content (AvgIpc) is 2.40. The summed E-state index contributed by atoms with van der Waals surface area (Å²) in [6.07, 6.45) is 7.39. The molecule has 3 heteroatoms. The molecule has 0 rings (SSSR count). The fourth-order valence-electron chi connectivity index (χ4n) is 2.92. The van der Waals surface area contributed by atoms with Gasteiger partial charge in [-0.3, -0.25) is 0 Å². The molecule has 0 aromatic rings. The smallest absolute Gasteiger partial charge is 0.0610 e. The molecule has 128 valence electrons. The molecule has 0 saturated heterocycles. The minimum absolute atomic E-state index is 0.126. The van der Waals surface area contributed by atoms with Crippen molar-refractivity contribution >= 4 is 0 Å². The van der Waals surface area contributed by atoms with Crippen LogP contribution in [0.15, 0.2) is 0 Å². The van der Waals surface area contributed by atoms with Gasteiger partial charge in [-0.25, -0.2) is 0 Å². The number of rotatable bonds is 13. The predicted octanol–water partition coefficient (Wildman–Crippen LogP) is 3.81. The maximum absolute atomic E-state index is 9.60. The van der Waals surface area contributed by atoms with Crippen molar-refractivity contribution in [3.63, 3.8) is 0 Å². The van der Waals surface area contributed by atoms with Gasteiger partial charge in [-0.15, -0.1) is 0 Å². The Bertz CT molecular complexity index is 243. The molecule has 0 amide bonds. The van der Waals surface area contributed by atoms with Crippen LogP contribution in [-0.2, 0) is 0 Å². The highest BCUT2D eigenvalue weighted by molar-refractivity contribution is 4.83. The second-order valence-electron chi connectivity index (χ2n) is 7.31. The number of hydrogen-bond donors (Lipinski definition) is 2. The van der Waals surface area contributed by atoms with E-state index in [1.165, 1.54) is 45.2 Å². The molecule has 0 saturated carbocycles. The van der Waals surface area contributed by atoms with Gasteiger partial charge in [0.25, 0.3) is 0 Å². The lowest BCUT2D eigenvalue weighted by atomic mass is 9.94. The van der Waals surface area contributed by atoms with Crippen LogP contribution < -0.4 is 5.32 Å². The zero-order chi connectivity index (χ0) is 16.3. The Hall–Kier alpha value is -0.120. The highest BCUT2D eigenvalue weighted by Gasteiger charge is 2.23. The van der Waals surface area contributed by atoms with Crippen molar-refractivity contribution in [1.29, 1.82) is 0 Å². The average molecular weight is 301 g/mol. The van der Waals surface area contributed by atoms with Gasteiger partial charge < -0.3 is 15.3 Å². The molecular formula is C18H40N2O. The molecule has 1 unspecified atom stereocenters. The van der Waals surface area contributed by atoms with Gasteiger partial charge in [0.1, 0.15) is 0 Å². The van der Waals surface area contributed by atoms with E-state index in [9.17, 15) is 5.11 Å². The zero-order valence-corrected chi connectivity index (χ0v) is 15.4. The first kappa shape index (κ1) is 20.9. The summed E-state index contributed by atoms with van der Waals surface area (Å²) in [5.74, 6) is 0. The van der Waals surface area contributed by atoms with Gasteiger partial charge in [0.05, 0.1) is 6.61 Å². The predicted molar refractivity (Wildman–Crippen MR) is 93.8 cm³/mol. The Morgan fingerprint density at radius 3 is 2.00 bits per heavy atom. The molecule has 3 nitrogen and oxygen atoms in total. The van der Waals surface area contributed by atoms with E-state index in [2.05, 4.69) is 51.8 Å². The van der Waals surface area contributed by atoms with Crippen molar-refractivity contribution in [2.24, 2.45) is 0 Å². The SMILES string of the molecule is CCCCCN(CCCCC(C)(CO)NC(C)C)C(C)C. The van der Waals surface area contributed by atoms with E-state index in [1.807, 2.05) is 0 Å². The Morgan fingerprint density at radius 2 is 1.57 bits per heavy atom. The molecule has 2 N–H and O–H groups in total. The molecule has 0 fully saturated rings. The first-order valence-electron chi connectivity index (χ1n) is 8.97. The molecule has 0 spiro atoms. The lowest BCUT2D eigenvalue weighted by Gasteiger charge is -2.32. The number of nitrogens with zero attached hydrogens (tertiary/aromatic N) is 1. The maximum atomic E-state index is 9.60. The number of nitrogens with one attached hydrogen (secondary N) is 1. The normalized spacial score (nSPS) is 15.1. The van der Waals surface area contributed by atoms with Crippen molar-refractivity contribution in [2.45, 2.75) is 97.7 Å². The first-order chi connectivity index (χ1) is 9.84. The summed E-state index contributed by atoms with van der Waals surface area (Å²) in [6.45, 7) is 15.9. The number of aliphatic hydroxyl groups excluding tert-OH is 1. The molecule has 0 aromatic heterocycles. The molecule has 21 heavy (non-hydrogen) atoms. The molecule has 0 aliphatic rings. The molecule has 0 bridgehead atoms. The van der Waals surface area contributed by atoms with Crippen molar-refractivity contribution in [2.75, 3.05) is 19.7 Å². The van der Waals surface area contributed by atoms with Crippen molar-refractivity contribution < 1.29 is 5.11 Å². The van der Waals surface area contributed by atoms with Crippen molar-refractivity contribution in [3.8, 4) is 0 Å². The van der Waals surface area contributed by atoms with Gasteiger partial charge in [0.15, 0.2) is 0 Å². The molecule has 0 aromatic carbocycles. The second-order valence-corrected chi connectivity index (χ2v) is 7.31. The highest BCUT2D eigenvalue weighted by atomic mass is 16.3. The monoisotopic (exact) mass is 300 g/mol. The Balaban J connectivity index is 4.02. The Morgan fingerprint density at radius 1 is 1.00 bits per heavy atom. The van der Waals surface area contributed by atoms with Gasteiger partial charge in [0.2, 0.25) is 0 Å². The summed E-state index contributed by atoms with van der Waals surface area (Å²) in [4.78, 5) is 2.60. The summed E-state index contributed by atoms with van der Waals surface area (Å²) in [6, 6.07) is 1.06. The zero-order valence-electron chi connectivity index (χ0n) is 15.4. The van der Waals surface area contributed by atoms with Crippen LogP contribution in [0.4, 0.5) is 0 Å². The number of hydrogen-bond acceptors (Lipinski definition) is 3. The number of aliphatic hydroxyl groups is 1. The van der Waals surface area contributed by atoms with E-state index in [0.29, 0.717) is 12.1 Å². The van der Waals surface area contributed by atoms with E-state index in [-0.39, 0.29) is 12.1 Å². The van der Waals surface area contributed by atoms with Gasteiger partial charge in [-0.1, -0.05) is 40.0 Å². The lowest BCUT2D eigenvalue weighted by Crippen LogP contribution is -2.49. The molecule has 0 heterocycles. The van der Waals surface area contributed by atoms with Crippen LogP contribution in [0.2, 0.25) is 0 Å². The highest BCUT2D eigenvalue weighted by Crippen LogP contribution is 2.15. The third kappa shape index (κ3) is 10.3. The van der Waals surface area contributed by atoms with E-state index < -0.39 is 0 Å². The van der Waals surface area contributed by atoms with Gasteiger partial charge in [0, 0.05) is 17.6 Å². The van der Waals surface area contributed by atoms with Gasteiger partial charge in [-0.05, 0) is 53.1 Å². The van der Waals surface area contributed by atoms with Crippen molar-refractivity contribution in [1.82, 2.24) is 10.2 Å². The van der Waals surface area contributed by atoms with Crippen LogP contribution in [0.25, 0.3) is 0 Å². The first-order valence-corrected chi connectivity index (χ1v) is 8.97. The molecule has 1 atom stereocenters. The van der Waals surface area contributed by atoms with Crippen LogP contribution in [-0.4, -0.2) is 47.3 Å². The van der Waals surface area contributed by atoms with Crippen LogP contribution >= 0.6 is 0 Å². The summed E-state index contributed by atoms with van der Waals surface area (Å²) in [5.41, 5.74) is -0.126. The van der Waals surface area contributed by atoms with E-state index >= 15 is 0 Å². The summed E-state index contributed by atoms with van der Waals surface area (Å²) < 4.78 is 0. The van der Waals surface area contributed by atoms with Crippen LogP contribution in [0.5, 0.6) is 0 Å². The lowest BCUT2D eigenvalue weighted by molar-refractivity contribution is 0.150. The minimum atomic E-state index is -0.126. The van der Waals surface area contributed by atoms with Crippen molar-refractivity contribution in [3.05, 3.63) is 0 Å². The summed E-state index contributed by atoms with van der Waals surface area (Å²) in [5, 5.41) is 13.1. The summed E-state index contributed by atoms with van der Waals surface area (Å²) in [7, 11) is 0. The van der Waals surface area contributed by atoms with Crippen LogP contribution in [0.1, 0.15) is 80.1 Å². The third-order valence-electron chi connectivity index (χ3n) is 4.19.